The van der Waals surface area contributed by atoms with E-state index in [9.17, 15) is 0 Å². The lowest BCUT2D eigenvalue weighted by Crippen LogP contribution is -2.19. The van der Waals surface area contributed by atoms with Gasteiger partial charge in [-0.3, -0.25) is 0 Å². The van der Waals surface area contributed by atoms with Crippen molar-refractivity contribution < 1.29 is 5.11 Å². The summed E-state index contributed by atoms with van der Waals surface area (Å²) < 4.78 is 0. The van der Waals surface area contributed by atoms with Crippen LogP contribution in [-0.2, 0) is 6.61 Å². The first-order valence-electron chi connectivity index (χ1n) is 6.97. The second-order valence-electron chi connectivity index (χ2n) is 5.29. The van der Waals surface area contributed by atoms with Crippen LogP contribution in [0.3, 0.4) is 0 Å². The highest BCUT2D eigenvalue weighted by Crippen LogP contribution is 2.34. The SMILES string of the molecule is OCc1ccc(N2CCC(c3ccccc3)C2)c(Cl)c1. The first-order chi connectivity index (χ1) is 9.78. The highest BCUT2D eigenvalue weighted by atomic mass is 35.5. The lowest BCUT2D eigenvalue weighted by atomic mass is 9.99. The number of hydrogen-bond donors (Lipinski definition) is 1. The fourth-order valence-corrected chi connectivity index (χ4v) is 3.20. The van der Waals surface area contributed by atoms with Gasteiger partial charge in [-0.05, 0) is 29.7 Å². The van der Waals surface area contributed by atoms with Crippen molar-refractivity contribution in [2.24, 2.45) is 0 Å². The van der Waals surface area contributed by atoms with E-state index >= 15 is 0 Å². The Morgan fingerprint density at radius 3 is 2.65 bits per heavy atom. The van der Waals surface area contributed by atoms with Gasteiger partial charge in [-0.2, -0.15) is 0 Å². The largest absolute Gasteiger partial charge is 0.392 e. The molecule has 1 atom stereocenters. The number of anilines is 1. The van der Waals surface area contributed by atoms with Gasteiger partial charge in [0, 0.05) is 19.0 Å². The number of nitrogens with zero attached hydrogens (tertiary/aromatic N) is 1. The summed E-state index contributed by atoms with van der Waals surface area (Å²) in [7, 11) is 0. The number of benzene rings is 2. The first kappa shape index (κ1) is 13.5. The normalized spacial score (nSPS) is 18.5. The van der Waals surface area contributed by atoms with Gasteiger partial charge in [0.15, 0.2) is 0 Å². The van der Waals surface area contributed by atoms with Crippen molar-refractivity contribution >= 4 is 17.3 Å². The Balaban J connectivity index is 1.77. The highest BCUT2D eigenvalue weighted by molar-refractivity contribution is 6.33. The van der Waals surface area contributed by atoms with Crippen LogP contribution in [-0.4, -0.2) is 18.2 Å². The minimum absolute atomic E-state index is 0.0344. The van der Waals surface area contributed by atoms with Crippen LogP contribution in [0.15, 0.2) is 48.5 Å². The van der Waals surface area contributed by atoms with E-state index in [-0.39, 0.29) is 6.61 Å². The Bertz CT molecular complexity index is 585. The molecular weight excluding hydrogens is 270 g/mol. The third kappa shape index (κ3) is 2.67. The molecule has 2 aromatic rings. The maximum absolute atomic E-state index is 9.14. The molecule has 0 bridgehead atoms. The van der Waals surface area contributed by atoms with E-state index < -0.39 is 0 Å². The van der Waals surface area contributed by atoms with Crippen molar-refractivity contribution in [3.63, 3.8) is 0 Å². The number of rotatable bonds is 3. The maximum atomic E-state index is 9.14. The van der Waals surface area contributed by atoms with Crippen molar-refractivity contribution in [1.82, 2.24) is 0 Å². The van der Waals surface area contributed by atoms with Crippen LogP contribution in [0.4, 0.5) is 5.69 Å². The molecule has 1 heterocycles. The van der Waals surface area contributed by atoms with Crippen LogP contribution in [0.5, 0.6) is 0 Å². The minimum atomic E-state index is 0.0344. The fourth-order valence-electron chi connectivity index (χ4n) is 2.88. The number of halogens is 1. The molecule has 3 rings (SSSR count). The molecule has 1 aliphatic rings. The summed E-state index contributed by atoms with van der Waals surface area (Å²) >= 11 is 6.33. The Hall–Kier alpha value is -1.51. The van der Waals surface area contributed by atoms with E-state index in [4.69, 9.17) is 16.7 Å². The second kappa shape index (κ2) is 5.86. The van der Waals surface area contributed by atoms with E-state index in [1.54, 1.807) is 0 Å². The maximum Gasteiger partial charge on any atom is 0.0682 e. The van der Waals surface area contributed by atoms with Gasteiger partial charge < -0.3 is 10.0 Å². The molecule has 1 N–H and O–H groups in total. The molecule has 2 aromatic carbocycles. The van der Waals surface area contributed by atoms with Crippen LogP contribution >= 0.6 is 11.6 Å². The molecule has 1 fully saturated rings. The molecule has 0 saturated carbocycles. The second-order valence-corrected chi connectivity index (χ2v) is 5.69. The third-order valence-corrected chi connectivity index (χ3v) is 4.30. The highest BCUT2D eigenvalue weighted by Gasteiger charge is 2.25. The Labute approximate surface area is 124 Å². The van der Waals surface area contributed by atoms with Crippen LogP contribution in [0.25, 0.3) is 0 Å². The van der Waals surface area contributed by atoms with Crippen molar-refractivity contribution in [3.8, 4) is 0 Å². The van der Waals surface area contributed by atoms with E-state index in [2.05, 4.69) is 35.2 Å². The molecule has 20 heavy (non-hydrogen) atoms. The zero-order chi connectivity index (χ0) is 13.9. The van der Waals surface area contributed by atoms with Crippen molar-refractivity contribution in [2.45, 2.75) is 18.9 Å². The molecule has 1 unspecified atom stereocenters. The van der Waals surface area contributed by atoms with Crippen LogP contribution < -0.4 is 4.90 Å². The molecule has 2 nitrogen and oxygen atoms in total. The Kier molecular flexibility index (Phi) is 3.95. The lowest BCUT2D eigenvalue weighted by Gasteiger charge is -2.20. The zero-order valence-electron chi connectivity index (χ0n) is 11.3. The molecule has 1 aliphatic heterocycles. The van der Waals surface area contributed by atoms with Gasteiger partial charge in [0.1, 0.15) is 0 Å². The molecule has 0 aliphatic carbocycles. The fraction of sp³-hybridized carbons (Fsp3) is 0.294. The van der Waals surface area contributed by atoms with Gasteiger partial charge in [0.25, 0.3) is 0 Å². The summed E-state index contributed by atoms with van der Waals surface area (Å²) in [6.45, 7) is 2.06. The van der Waals surface area contributed by atoms with Crippen LogP contribution in [0.1, 0.15) is 23.5 Å². The number of aliphatic hydroxyl groups excluding tert-OH is 1. The molecule has 1 saturated heterocycles. The lowest BCUT2D eigenvalue weighted by molar-refractivity contribution is 0.282. The van der Waals surface area contributed by atoms with Crippen LogP contribution in [0.2, 0.25) is 5.02 Å². The first-order valence-corrected chi connectivity index (χ1v) is 7.35. The van der Waals surface area contributed by atoms with Gasteiger partial charge in [0.05, 0.1) is 17.3 Å². The standard InChI is InChI=1S/C17H18ClNO/c18-16-10-13(12-20)6-7-17(16)19-9-8-15(11-19)14-4-2-1-3-5-14/h1-7,10,15,20H,8-9,11-12H2. The Morgan fingerprint density at radius 2 is 1.95 bits per heavy atom. The third-order valence-electron chi connectivity index (χ3n) is 3.99. The molecule has 0 aromatic heterocycles. The van der Waals surface area contributed by atoms with Gasteiger partial charge in [-0.25, -0.2) is 0 Å². The smallest absolute Gasteiger partial charge is 0.0682 e. The summed E-state index contributed by atoms with van der Waals surface area (Å²) in [5.41, 5.74) is 3.33. The Morgan fingerprint density at radius 1 is 1.15 bits per heavy atom. The van der Waals surface area contributed by atoms with Crippen molar-refractivity contribution in [1.29, 1.82) is 0 Å². The summed E-state index contributed by atoms with van der Waals surface area (Å²) in [4.78, 5) is 2.33. The average molecular weight is 288 g/mol. The van der Waals surface area contributed by atoms with Gasteiger partial charge in [-0.1, -0.05) is 48.0 Å². The van der Waals surface area contributed by atoms with E-state index in [1.165, 1.54) is 5.56 Å². The van der Waals surface area contributed by atoms with E-state index in [0.29, 0.717) is 5.92 Å². The molecule has 0 spiro atoms. The van der Waals surface area contributed by atoms with Crippen molar-refractivity contribution in [2.75, 3.05) is 18.0 Å². The van der Waals surface area contributed by atoms with Crippen molar-refractivity contribution in [3.05, 3.63) is 64.7 Å². The quantitative estimate of drug-likeness (QED) is 0.927. The zero-order valence-corrected chi connectivity index (χ0v) is 12.1. The monoisotopic (exact) mass is 287 g/mol. The minimum Gasteiger partial charge on any atom is -0.392 e. The summed E-state index contributed by atoms with van der Waals surface area (Å²) in [6.07, 6.45) is 1.15. The topological polar surface area (TPSA) is 23.5 Å². The van der Waals surface area contributed by atoms with Gasteiger partial charge in [-0.15, -0.1) is 0 Å². The predicted octanol–water partition coefficient (Wildman–Crippen LogP) is 3.83. The molecule has 0 amide bonds. The van der Waals surface area contributed by atoms with E-state index in [1.807, 2.05) is 18.2 Å². The van der Waals surface area contributed by atoms with Crippen LogP contribution in [0, 0.1) is 0 Å². The summed E-state index contributed by atoms with van der Waals surface area (Å²) in [6, 6.07) is 16.5. The molecule has 0 radical (unpaired) electrons. The summed E-state index contributed by atoms with van der Waals surface area (Å²) in [5, 5.41) is 9.86. The van der Waals surface area contributed by atoms with Gasteiger partial charge >= 0.3 is 0 Å². The molecular formula is C17H18ClNO. The van der Waals surface area contributed by atoms with E-state index in [0.717, 1.165) is 35.8 Å². The molecule has 3 heteroatoms. The summed E-state index contributed by atoms with van der Waals surface area (Å²) in [5.74, 6) is 0.574. The molecule has 104 valence electrons. The number of aliphatic hydroxyl groups is 1. The number of hydrogen-bond acceptors (Lipinski definition) is 2. The average Bonchev–Trinajstić information content (AvgIpc) is 2.97. The predicted molar refractivity (Wildman–Crippen MR) is 83.4 cm³/mol. The van der Waals surface area contributed by atoms with Gasteiger partial charge in [0.2, 0.25) is 0 Å².